The van der Waals surface area contributed by atoms with Crippen LogP contribution in [0.1, 0.15) is 38.8 Å². The van der Waals surface area contributed by atoms with E-state index in [-0.39, 0.29) is 28.4 Å². The molecule has 0 unspecified atom stereocenters. The molecule has 22 heavy (non-hydrogen) atoms. The van der Waals surface area contributed by atoms with E-state index in [0.717, 1.165) is 6.42 Å². The van der Waals surface area contributed by atoms with Crippen LogP contribution in [0.5, 0.6) is 0 Å². The zero-order valence-electron chi connectivity index (χ0n) is 14.3. The smallest absolute Gasteiger partial charge is 0.328 e. The summed E-state index contributed by atoms with van der Waals surface area (Å²) in [5, 5.41) is 0.117. The number of hydrogen-bond acceptors (Lipinski definition) is 3. The molecule has 0 aliphatic heterocycles. The van der Waals surface area contributed by atoms with Crippen LogP contribution in [0.3, 0.4) is 0 Å². The highest BCUT2D eigenvalue weighted by Crippen LogP contribution is 2.40. The Labute approximate surface area is 132 Å². The van der Waals surface area contributed by atoms with E-state index in [4.69, 9.17) is 4.43 Å². The Kier molecular flexibility index (Phi) is 4.36. The van der Waals surface area contributed by atoms with Gasteiger partial charge in [-0.05, 0) is 31.5 Å². The number of nitrogens with zero attached hydrogens (tertiary/aromatic N) is 1. The second kappa shape index (κ2) is 5.66. The third-order valence-electron chi connectivity index (χ3n) is 4.80. The summed E-state index contributed by atoms with van der Waals surface area (Å²) < 4.78 is 8.06. The van der Waals surface area contributed by atoms with E-state index in [1.54, 1.807) is 17.7 Å². The lowest BCUT2D eigenvalue weighted by Crippen LogP contribution is -2.46. The van der Waals surface area contributed by atoms with Gasteiger partial charge in [0.15, 0.2) is 8.32 Å². The number of rotatable bonds is 3. The van der Waals surface area contributed by atoms with Crippen molar-refractivity contribution in [2.45, 2.75) is 64.4 Å². The Hall–Kier alpha value is -1.40. The minimum absolute atomic E-state index is 0.0520. The van der Waals surface area contributed by atoms with Gasteiger partial charge in [-0.15, -0.1) is 0 Å². The van der Waals surface area contributed by atoms with Gasteiger partial charge in [0.2, 0.25) is 0 Å². The number of nitrogens with one attached hydrogen (secondary N) is 1. The Morgan fingerprint density at radius 3 is 2.55 bits per heavy atom. The number of H-pyrrole nitrogens is 1. The quantitative estimate of drug-likeness (QED) is 0.687. The molecule has 0 amide bonds. The van der Waals surface area contributed by atoms with E-state index in [1.807, 2.05) is 6.08 Å². The first-order valence-corrected chi connectivity index (χ1v) is 10.6. The summed E-state index contributed by atoms with van der Waals surface area (Å²) in [6, 6.07) is -0.155. The van der Waals surface area contributed by atoms with Crippen LogP contribution in [0, 0.1) is 6.92 Å². The first-order valence-electron chi connectivity index (χ1n) is 7.69. The molecular formula is C16H26N2O3Si. The highest BCUT2D eigenvalue weighted by molar-refractivity contribution is 6.74. The van der Waals surface area contributed by atoms with Crippen molar-refractivity contribution in [2.75, 3.05) is 0 Å². The highest BCUT2D eigenvalue weighted by atomic mass is 28.4. The molecule has 122 valence electrons. The molecule has 1 aromatic rings. The first kappa shape index (κ1) is 17.0. The second-order valence-electron chi connectivity index (χ2n) is 7.55. The third kappa shape index (κ3) is 3.17. The van der Waals surface area contributed by atoms with Crippen molar-refractivity contribution >= 4 is 8.32 Å². The van der Waals surface area contributed by atoms with Gasteiger partial charge >= 0.3 is 5.69 Å². The van der Waals surface area contributed by atoms with Crippen molar-refractivity contribution in [1.29, 1.82) is 0 Å². The van der Waals surface area contributed by atoms with E-state index in [0.29, 0.717) is 5.56 Å². The zero-order chi connectivity index (χ0) is 16.7. The zero-order valence-corrected chi connectivity index (χ0v) is 15.3. The van der Waals surface area contributed by atoms with Gasteiger partial charge in [-0.25, -0.2) is 4.79 Å². The third-order valence-corrected chi connectivity index (χ3v) is 9.31. The van der Waals surface area contributed by atoms with Gasteiger partial charge < -0.3 is 4.43 Å². The number of aryl methyl sites for hydroxylation is 1. The van der Waals surface area contributed by atoms with Gasteiger partial charge in [0.25, 0.3) is 5.56 Å². The number of aromatic nitrogens is 2. The SMILES string of the molecule is Cc1cn([C@@H]2C=CC[C@@H]2O[Si](C)(C)C(C)(C)C)c(=O)[nH]c1=O. The summed E-state index contributed by atoms with van der Waals surface area (Å²) in [5.41, 5.74) is -0.174. The predicted octanol–water partition coefficient (Wildman–Crippen LogP) is 2.74. The van der Waals surface area contributed by atoms with Crippen molar-refractivity contribution in [3.05, 3.63) is 44.8 Å². The molecule has 1 aliphatic carbocycles. The lowest BCUT2D eigenvalue weighted by Gasteiger charge is -2.40. The summed E-state index contributed by atoms with van der Waals surface area (Å²) in [6.45, 7) is 12.7. The summed E-state index contributed by atoms with van der Waals surface area (Å²) in [7, 11) is -1.91. The Balaban J connectivity index is 2.33. The van der Waals surface area contributed by atoms with Gasteiger partial charge in [-0.3, -0.25) is 14.3 Å². The molecule has 0 aromatic carbocycles. The molecular weight excluding hydrogens is 296 g/mol. The first-order chi connectivity index (χ1) is 10.0. The van der Waals surface area contributed by atoms with Gasteiger partial charge in [-0.1, -0.05) is 32.9 Å². The Morgan fingerprint density at radius 2 is 1.95 bits per heavy atom. The largest absolute Gasteiger partial charge is 0.411 e. The molecule has 0 saturated carbocycles. The fourth-order valence-electron chi connectivity index (χ4n) is 2.37. The summed E-state index contributed by atoms with van der Waals surface area (Å²) >= 11 is 0. The topological polar surface area (TPSA) is 64.1 Å². The molecule has 2 rings (SSSR count). The molecule has 0 bridgehead atoms. The van der Waals surface area contributed by atoms with Crippen LogP contribution in [0.4, 0.5) is 0 Å². The molecule has 1 aromatic heterocycles. The van der Waals surface area contributed by atoms with Gasteiger partial charge in [0, 0.05) is 11.8 Å². The number of hydrogen-bond donors (Lipinski definition) is 1. The van der Waals surface area contributed by atoms with Gasteiger partial charge in [-0.2, -0.15) is 0 Å². The molecule has 0 fully saturated rings. The predicted molar refractivity (Wildman–Crippen MR) is 90.9 cm³/mol. The molecule has 0 saturated heterocycles. The molecule has 5 nitrogen and oxygen atoms in total. The Bertz CT molecular complexity index is 695. The van der Waals surface area contributed by atoms with Gasteiger partial charge in [0.1, 0.15) is 0 Å². The molecule has 0 spiro atoms. The van der Waals surface area contributed by atoms with E-state index in [1.165, 1.54) is 0 Å². The van der Waals surface area contributed by atoms with Crippen LogP contribution in [0.25, 0.3) is 0 Å². The van der Waals surface area contributed by atoms with Crippen molar-refractivity contribution in [3.8, 4) is 0 Å². The van der Waals surface area contributed by atoms with Crippen LogP contribution >= 0.6 is 0 Å². The second-order valence-corrected chi connectivity index (χ2v) is 12.3. The van der Waals surface area contributed by atoms with E-state index in [9.17, 15) is 9.59 Å². The highest BCUT2D eigenvalue weighted by Gasteiger charge is 2.41. The van der Waals surface area contributed by atoms with Crippen molar-refractivity contribution in [2.24, 2.45) is 0 Å². The maximum Gasteiger partial charge on any atom is 0.328 e. The fourth-order valence-corrected chi connectivity index (χ4v) is 3.71. The summed E-state index contributed by atoms with van der Waals surface area (Å²) in [4.78, 5) is 26.0. The van der Waals surface area contributed by atoms with Crippen molar-refractivity contribution in [3.63, 3.8) is 0 Å². The molecule has 1 heterocycles. The van der Waals surface area contributed by atoms with E-state index < -0.39 is 8.32 Å². The minimum Gasteiger partial charge on any atom is -0.411 e. The lowest BCUT2D eigenvalue weighted by atomic mass is 10.2. The maximum atomic E-state index is 12.1. The molecule has 1 N–H and O–H groups in total. The summed E-state index contributed by atoms with van der Waals surface area (Å²) in [5.74, 6) is 0. The van der Waals surface area contributed by atoms with Crippen LogP contribution in [-0.2, 0) is 4.43 Å². The number of aromatic amines is 1. The average Bonchev–Trinajstić information content (AvgIpc) is 2.79. The summed E-state index contributed by atoms with van der Waals surface area (Å²) in [6.07, 6.45) is 6.42. The van der Waals surface area contributed by atoms with Crippen LogP contribution in [0.15, 0.2) is 27.9 Å². The monoisotopic (exact) mass is 322 g/mol. The fraction of sp³-hybridized carbons (Fsp3) is 0.625. The van der Waals surface area contributed by atoms with Crippen LogP contribution in [-0.4, -0.2) is 24.0 Å². The normalized spacial score (nSPS) is 22.3. The van der Waals surface area contributed by atoms with Crippen molar-refractivity contribution < 1.29 is 4.43 Å². The average molecular weight is 322 g/mol. The van der Waals surface area contributed by atoms with Crippen molar-refractivity contribution in [1.82, 2.24) is 9.55 Å². The lowest BCUT2D eigenvalue weighted by molar-refractivity contribution is 0.151. The molecule has 2 atom stereocenters. The van der Waals surface area contributed by atoms with E-state index >= 15 is 0 Å². The van der Waals surface area contributed by atoms with Gasteiger partial charge in [0.05, 0.1) is 12.1 Å². The minimum atomic E-state index is -1.91. The van der Waals surface area contributed by atoms with Crippen LogP contribution < -0.4 is 11.2 Å². The Morgan fingerprint density at radius 1 is 1.32 bits per heavy atom. The maximum absolute atomic E-state index is 12.1. The molecule has 1 aliphatic rings. The standard InChI is InChI=1S/C16H26N2O3Si/c1-11-10-18(15(20)17-14(11)19)12-8-7-9-13(12)21-22(5,6)16(2,3)4/h7-8,10,12-13H,9H2,1-6H3,(H,17,19,20)/t12-,13+/m1/s1. The molecule has 0 radical (unpaired) electrons. The molecule has 6 heteroatoms. The van der Waals surface area contributed by atoms with E-state index in [2.05, 4.69) is 44.9 Å². The van der Waals surface area contributed by atoms with Crippen LogP contribution in [0.2, 0.25) is 18.1 Å².